The number of carbonyl (C=O) groups excluding carboxylic acids is 4. The average molecular weight is 1940 g/mol. The molecule has 0 radical (unpaired) electrons. The van der Waals surface area contributed by atoms with Gasteiger partial charge in [-0.2, -0.15) is 0 Å². The highest BCUT2D eigenvalue weighted by molar-refractivity contribution is 5.75. The first-order valence-electron chi connectivity index (χ1n) is 50.7. The summed E-state index contributed by atoms with van der Waals surface area (Å²) >= 11 is 0. The van der Waals surface area contributed by atoms with Crippen LogP contribution in [-0.4, -0.2) is 78.7 Å². The van der Waals surface area contributed by atoms with Crippen LogP contribution in [0.1, 0.15) is 322 Å². The van der Waals surface area contributed by atoms with E-state index in [1.54, 1.807) is 0 Å². The first kappa shape index (κ1) is 105. The van der Waals surface area contributed by atoms with Gasteiger partial charge in [-0.1, -0.05) is 360 Å². The molecule has 28 bridgehead atoms. The van der Waals surface area contributed by atoms with Gasteiger partial charge in [0, 0.05) is 51.4 Å². The maximum absolute atomic E-state index is 13.7. The minimum Gasteiger partial charge on any atom is -0.488 e. The Labute approximate surface area is 854 Å². The van der Waals surface area contributed by atoms with Crippen LogP contribution in [0.2, 0.25) is 0 Å². The third-order valence-corrected chi connectivity index (χ3v) is 28.2. The zero-order valence-corrected chi connectivity index (χ0v) is 90.3. The molecule has 16 heteroatoms. The summed E-state index contributed by atoms with van der Waals surface area (Å²) in [6.45, 7) is 53.0. The van der Waals surface area contributed by atoms with Crippen molar-refractivity contribution in [3.8, 4) is 68.2 Å². The number of benzene rings is 12. The maximum atomic E-state index is 13.7. The van der Waals surface area contributed by atoms with Gasteiger partial charge in [0.1, 0.15) is 72.4 Å². The standard InChI is InChI=1S/C128H148O16/c1-121(2,3)101-53-85-45-93-61-105(125(13,14)15)63-95(117(93)141-73-109(129)133-25)47-87-55-102(122(4,5)6)56-88-48-96-64-106(126(16,17)18)62-94(118(96)142-74-110(130)134-26)46-86(54-101)113(85)137-69-77-29-37-81(38-30-77)82-39-31-79(32-40-82)71-139-115-89-49-97-65-107(127(19,20)21)67-99(119(97)143-75-111(131)135-27)51-91-59-104(124(10,11)12)60-92(116(91)140-72-80-35-43-84(44-36-80)83-41-33-78(34-42-83)70-138-114(87)88)52-100-68-108(128(22,23)24)66-98(120(100)144-76-112(132)136-28)50-90(115)58-103(57-89)123(7,8)9/h29-44,53-68H,45-52,69-76H2,1-28H3. The normalized spacial score (nSPS) is 13.8. The van der Waals surface area contributed by atoms with Gasteiger partial charge >= 0.3 is 23.9 Å². The third-order valence-electron chi connectivity index (χ3n) is 28.2. The molecule has 756 valence electrons. The highest BCUT2D eigenvalue weighted by Crippen LogP contribution is 2.50. The van der Waals surface area contributed by atoms with Crippen molar-refractivity contribution < 1.29 is 76.0 Å². The molecule has 12 aromatic rings. The summed E-state index contributed by atoms with van der Waals surface area (Å²) in [6, 6.07) is 70.5. The summed E-state index contributed by atoms with van der Waals surface area (Å²) in [5.74, 6) is 3.00. The monoisotopic (exact) mass is 1940 g/mol. The fraction of sp³-hybridized carbons (Fsp3) is 0.406. The van der Waals surface area contributed by atoms with Crippen molar-refractivity contribution in [2.75, 3.05) is 54.9 Å². The predicted molar refractivity (Wildman–Crippen MR) is 575 cm³/mol. The number of hydrogen-bond donors (Lipinski definition) is 0. The molecule has 0 fully saturated rings. The van der Waals surface area contributed by atoms with E-state index in [4.69, 9.17) is 56.8 Å². The lowest BCUT2D eigenvalue weighted by Crippen LogP contribution is -2.19. The number of rotatable bonds is 12. The van der Waals surface area contributed by atoms with Gasteiger partial charge in [-0.15, -0.1) is 0 Å². The largest absolute Gasteiger partial charge is 0.488 e. The lowest BCUT2D eigenvalue weighted by Gasteiger charge is -2.29. The molecule has 144 heavy (non-hydrogen) atoms. The Morgan fingerprint density at radius 3 is 0.444 bits per heavy atom. The molecule has 0 N–H and O–H groups in total. The molecular weight excluding hydrogens is 1790 g/mol. The van der Waals surface area contributed by atoms with E-state index in [1.807, 2.05) is 0 Å². The summed E-state index contributed by atoms with van der Waals surface area (Å²) < 4.78 is 80.0. The fourth-order valence-electron chi connectivity index (χ4n) is 19.3. The molecule has 14 aliphatic heterocycles. The molecule has 0 spiro atoms. The van der Waals surface area contributed by atoms with Crippen molar-refractivity contribution >= 4 is 23.9 Å². The van der Waals surface area contributed by atoms with Crippen LogP contribution in [0.25, 0.3) is 22.3 Å². The first-order valence-corrected chi connectivity index (χ1v) is 50.7. The van der Waals surface area contributed by atoms with E-state index in [0.717, 1.165) is 178 Å². The van der Waals surface area contributed by atoms with Crippen LogP contribution in [0.5, 0.6) is 46.0 Å². The SMILES string of the molecule is COC(=O)COc1c2cc(C(C)(C)C)cc1Cc1cc(C(C)(C)C)cc3c1OCc1ccc(cc1)-c1ccc(cc1)COc1c4cc(C(C)(C)C)cc1Cc1cc(C(C)(C)C)cc(c1OCC(=O)OC)Cc1cc(C(C)(C)C)cc(c1OCc1ccc(cc1)-c1ccc(cc1)COc1c(cc(C(C)(C)C)cc1Cc1cc(C(C)(C)C)cc(c1OCC(=O)OC)C3)C2)Cc1cc(C(C)(C)C)cc(c1OCC(=O)OC)C4. The average Bonchev–Trinajstić information content (AvgIpc) is 0.760. The van der Waals surface area contributed by atoms with Gasteiger partial charge < -0.3 is 56.8 Å². The Kier molecular flexibility index (Phi) is 30.6. The van der Waals surface area contributed by atoms with Crippen LogP contribution < -0.4 is 37.9 Å². The molecule has 0 saturated carbocycles. The van der Waals surface area contributed by atoms with Crippen molar-refractivity contribution in [1.29, 1.82) is 0 Å². The minimum absolute atomic E-state index is 0.189. The number of methoxy groups -OCH3 is 4. The fourth-order valence-corrected chi connectivity index (χ4v) is 19.3. The summed E-state index contributed by atoms with van der Waals surface area (Å²) in [7, 11) is 5.56. The Morgan fingerprint density at radius 2 is 0.326 bits per heavy atom. The Bertz CT molecular complexity index is 5770. The van der Waals surface area contributed by atoms with Crippen LogP contribution in [0.4, 0.5) is 0 Å². The van der Waals surface area contributed by atoms with Gasteiger partial charge in [-0.25, -0.2) is 19.2 Å². The topological polar surface area (TPSA) is 179 Å². The molecule has 0 aromatic heterocycles. The minimum atomic E-state index is -0.514. The van der Waals surface area contributed by atoms with E-state index >= 15 is 0 Å². The summed E-state index contributed by atoms with van der Waals surface area (Å²) in [5.41, 5.74) is 27.6. The molecule has 12 aromatic carbocycles. The number of ether oxygens (including phenoxy) is 12. The number of hydrogen-bond acceptors (Lipinski definition) is 16. The van der Waals surface area contributed by atoms with E-state index in [-0.39, 0.29) is 96.2 Å². The molecule has 0 saturated heterocycles. The third kappa shape index (κ3) is 24.9. The van der Waals surface area contributed by atoms with Gasteiger partial charge in [0.05, 0.1) is 28.4 Å². The van der Waals surface area contributed by atoms with Crippen molar-refractivity contribution in [2.45, 2.75) is 287 Å². The highest BCUT2D eigenvalue weighted by Gasteiger charge is 2.36. The molecule has 0 unspecified atom stereocenters. The Morgan fingerprint density at radius 1 is 0.201 bits per heavy atom. The van der Waals surface area contributed by atoms with Gasteiger partial charge in [0.2, 0.25) is 0 Å². The van der Waals surface area contributed by atoms with Crippen molar-refractivity contribution in [1.82, 2.24) is 0 Å². The van der Waals surface area contributed by atoms with E-state index in [1.165, 1.54) is 28.4 Å². The lowest BCUT2D eigenvalue weighted by molar-refractivity contribution is -0.143. The highest BCUT2D eigenvalue weighted by atomic mass is 16.6. The smallest absolute Gasteiger partial charge is 0.343 e. The van der Waals surface area contributed by atoms with Crippen molar-refractivity contribution in [3.05, 3.63) is 350 Å². The summed E-state index contributed by atoms with van der Waals surface area (Å²) in [5, 5.41) is 0. The van der Waals surface area contributed by atoms with Crippen molar-refractivity contribution in [3.63, 3.8) is 0 Å². The number of carbonyl (C=O) groups is 4. The molecule has 28 rings (SSSR count). The van der Waals surface area contributed by atoms with Gasteiger partial charge in [-0.3, -0.25) is 0 Å². The second-order valence-corrected chi connectivity index (χ2v) is 47.8. The summed E-state index contributed by atoms with van der Waals surface area (Å²) in [6.07, 6.45) is 2.63. The van der Waals surface area contributed by atoms with Crippen LogP contribution in [0.3, 0.4) is 0 Å². The lowest BCUT2D eigenvalue weighted by atomic mass is 9.79. The van der Waals surface area contributed by atoms with Crippen LogP contribution in [-0.2, 0) is 159 Å². The zero-order chi connectivity index (χ0) is 104. The molecular formula is C128H148O16. The molecule has 2 aliphatic carbocycles. The van der Waals surface area contributed by atoms with E-state index < -0.39 is 23.9 Å². The van der Waals surface area contributed by atoms with E-state index in [0.29, 0.717) is 97.4 Å². The molecule has 0 amide bonds. The summed E-state index contributed by atoms with van der Waals surface area (Å²) in [4.78, 5) is 55.0. The van der Waals surface area contributed by atoms with Crippen molar-refractivity contribution in [2.24, 2.45) is 0 Å². The quantitative estimate of drug-likeness (QED) is 0.0832. The second kappa shape index (κ2) is 41.9. The van der Waals surface area contributed by atoms with Gasteiger partial charge in [0.15, 0.2) is 26.4 Å². The predicted octanol–water partition coefficient (Wildman–Crippen LogP) is 27.6. The Hall–Kier alpha value is -13.1. The first-order chi connectivity index (χ1) is 67.7. The van der Waals surface area contributed by atoms with Crippen LogP contribution in [0, 0.1) is 0 Å². The molecule has 14 heterocycles. The van der Waals surface area contributed by atoms with Gasteiger partial charge in [0.25, 0.3) is 0 Å². The number of esters is 4. The molecule has 16 nitrogen and oxygen atoms in total. The zero-order valence-electron chi connectivity index (χ0n) is 90.3. The Balaban J connectivity index is 0.964. The molecule has 0 atom stereocenters. The maximum Gasteiger partial charge on any atom is 0.343 e. The van der Waals surface area contributed by atoms with Crippen LogP contribution in [0.15, 0.2) is 194 Å². The van der Waals surface area contributed by atoms with Gasteiger partial charge in [-0.05, 0) is 221 Å². The van der Waals surface area contributed by atoms with Crippen LogP contribution >= 0.6 is 0 Å². The van der Waals surface area contributed by atoms with E-state index in [2.05, 4.69) is 360 Å². The number of fused-ring (bicyclic) bond motifs is 2. The molecule has 16 aliphatic rings. The second-order valence-electron chi connectivity index (χ2n) is 47.8. The van der Waals surface area contributed by atoms with E-state index in [9.17, 15) is 19.2 Å².